The maximum absolute atomic E-state index is 5.97. The third kappa shape index (κ3) is 3.28. The van der Waals surface area contributed by atoms with Gasteiger partial charge in [-0.2, -0.15) is 0 Å². The molecule has 1 fully saturated rings. The third-order valence-corrected chi connectivity index (χ3v) is 5.62. The second kappa shape index (κ2) is 7.05. The van der Waals surface area contributed by atoms with Crippen LogP contribution >= 0.6 is 0 Å². The summed E-state index contributed by atoms with van der Waals surface area (Å²) >= 11 is 0. The first kappa shape index (κ1) is 16.3. The van der Waals surface area contributed by atoms with E-state index in [9.17, 15) is 0 Å². The largest absolute Gasteiger partial charge is 0.439 e. The van der Waals surface area contributed by atoms with E-state index in [0.717, 1.165) is 36.8 Å². The Bertz CT molecular complexity index is 1030. The first-order valence-electron chi connectivity index (χ1n) is 9.65. The molecule has 1 aliphatic rings. The van der Waals surface area contributed by atoms with Crippen molar-refractivity contribution >= 4 is 10.9 Å². The fourth-order valence-electron chi connectivity index (χ4n) is 4.14. The molecule has 0 radical (unpaired) electrons. The highest BCUT2D eigenvalue weighted by molar-refractivity contribution is 5.83. The summed E-state index contributed by atoms with van der Waals surface area (Å²) in [6.45, 7) is 2.94. The number of hydrogen-bond acceptors (Lipinski definition) is 3. The number of aromatic amines is 1. The van der Waals surface area contributed by atoms with E-state index >= 15 is 0 Å². The van der Waals surface area contributed by atoms with Crippen LogP contribution < -0.4 is 0 Å². The van der Waals surface area contributed by atoms with Crippen molar-refractivity contribution in [2.24, 2.45) is 0 Å². The van der Waals surface area contributed by atoms with E-state index in [1.165, 1.54) is 29.3 Å². The molecule has 0 amide bonds. The van der Waals surface area contributed by atoms with Gasteiger partial charge in [-0.25, -0.2) is 4.98 Å². The number of H-pyrrole nitrogens is 1. The molecule has 27 heavy (non-hydrogen) atoms. The number of oxazole rings is 1. The number of benzene rings is 2. The van der Waals surface area contributed by atoms with Gasteiger partial charge in [0.05, 0.1) is 12.7 Å². The standard InChI is InChI=1S/C23H23N3O/c1-2-6-18(7-3-1)22-15-25-23(27-22)16-26-12-10-17(11-13-26)20-14-24-21-9-5-4-8-19(20)21/h1-9,14-15,17,24H,10-13,16H2. The quantitative estimate of drug-likeness (QED) is 0.546. The highest BCUT2D eigenvalue weighted by Crippen LogP contribution is 2.33. The van der Waals surface area contributed by atoms with E-state index in [1.54, 1.807) is 0 Å². The minimum absolute atomic E-state index is 0.627. The van der Waals surface area contributed by atoms with Crippen molar-refractivity contribution in [3.8, 4) is 11.3 Å². The van der Waals surface area contributed by atoms with Crippen LogP contribution in [0.4, 0.5) is 0 Å². The zero-order valence-corrected chi connectivity index (χ0v) is 15.3. The predicted octanol–water partition coefficient (Wildman–Crippen LogP) is 5.20. The summed E-state index contributed by atoms with van der Waals surface area (Å²) in [7, 11) is 0. The van der Waals surface area contributed by atoms with Gasteiger partial charge in [0.2, 0.25) is 5.89 Å². The molecule has 3 heterocycles. The van der Waals surface area contributed by atoms with Gasteiger partial charge in [0.15, 0.2) is 5.76 Å². The molecule has 0 aliphatic carbocycles. The van der Waals surface area contributed by atoms with Gasteiger partial charge in [0, 0.05) is 22.7 Å². The molecule has 0 spiro atoms. The van der Waals surface area contributed by atoms with Crippen LogP contribution in [0.3, 0.4) is 0 Å². The van der Waals surface area contributed by atoms with Crippen molar-refractivity contribution in [3.63, 3.8) is 0 Å². The summed E-state index contributed by atoms with van der Waals surface area (Å²) in [6, 6.07) is 18.8. The molecule has 1 saturated heterocycles. The summed E-state index contributed by atoms with van der Waals surface area (Å²) in [5.41, 5.74) is 3.78. The fourth-order valence-corrected chi connectivity index (χ4v) is 4.14. The molecular weight excluding hydrogens is 334 g/mol. The SMILES string of the molecule is c1ccc(-c2cnc(CN3CCC(c4c[nH]c5ccccc45)CC3)o2)cc1. The van der Waals surface area contributed by atoms with Gasteiger partial charge in [-0.3, -0.25) is 4.90 Å². The second-order valence-electron chi connectivity index (χ2n) is 7.32. The lowest BCUT2D eigenvalue weighted by Gasteiger charge is -2.31. The molecule has 0 unspecified atom stereocenters. The van der Waals surface area contributed by atoms with E-state index in [1.807, 2.05) is 24.4 Å². The molecule has 1 aliphatic heterocycles. The Kier molecular flexibility index (Phi) is 4.26. The van der Waals surface area contributed by atoms with Crippen molar-refractivity contribution in [1.29, 1.82) is 0 Å². The van der Waals surface area contributed by atoms with Crippen LogP contribution in [-0.4, -0.2) is 28.0 Å². The highest BCUT2D eigenvalue weighted by Gasteiger charge is 2.23. The number of likely N-dealkylation sites (tertiary alicyclic amines) is 1. The Morgan fingerprint density at radius 2 is 1.78 bits per heavy atom. The predicted molar refractivity (Wildman–Crippen MR) is 107 cm³/mol. The van der Waals surface area contributed by atoms with Crippen molar-refractivity contribution in [1.82, 2.24) is 14.9 Å². The topological polar surface area (TPSA) is 45.1 Å². The molecule has 0 atom stereocenters. The second-order valence-corrected chi connectivity index (χ2v) is 7.32. The number of fused-ring (bicyclic) bond motifs is 1. The van der Waals surface area contributed by atoms with Crippen LogP contribution in [-0.2, 0) is 6.54 Å². The fraction of sp³-hybridized carbons (Fsp3) is 0.261. The molecule has 4 heteroatoms. The first-order valence-corrected chi connectivity index (χ1v) is 9.65. The smallest absolute Gasteiger partial charge is 0.209 e. The maximum Gasteiger partial charge on any atom is 0.209 e. The molecule has 5 rings (SSSR count). The number of nitrogens with one attached hydrogen (secondary N) is 1. The number of para-hydroxylation sites is 1. The molecule has 2 aromatic heterocycles. The Hall–Kier alpha value is -2.85. The summed E-state index contributed by atoms with van der Waals surface area (Å²) in [6.07, 6.45) is 6.39. The van der Waals surface area contributed by atoms with Crippen molar-refractivity contribution in [2.75, 3.05) is 13.1 Å². The molecule has 136 valence electrons. The molecule has 2 aromatic carbocycles. The van der Waals surface area contributed by atoms with Gasteiger partial charge in [-0.05, 0) is 43.5 Å². The van der Waals surface area contributed by atoms with E-state index < -0.39 is 0 Å². The minimum Gasteiger partial charge on any atom is -0.439 e. The molecule has 4 nitrogen and oxygen atoms in total. The van der Waals surface area contributed by atoms with Gasteiger partial charge in [-0.1, -0.05) is 48.5 Å². The molecule has 0 bridgehead atoms. The average molecular weight is 357 g/mol. The molecular formula is C23H23N3O. The number of piperidine rings is 1. The molecule has 1 N–H and O–H groups in total. The average Bonchev–Trinajstić information content (AvgIpc) is 3.37. The van der Waals surface area contributed by atoms with Crippen molar-refractivity contribution in [2.45, 2.75) is 25.3 Å². The number of aromatic nitrogens is 2. The van der Waals surface area contributed by atoms with Gasteiger partial charge in [0.1, 0.15) is 0 Å². The van der Waals surface area contributed by atoms with Crippen molar-refractivity contribution < 1.29 is 4.42 Å². The van der Waals surface area contributed by atoms with Gasteiger partial charge >= 0.3 is 0 Å². The zero-order chi connectivity index (χ0) is 18.1. The zero-order valence-electron chi connectivity index (χ0n) is 15.3. The number of nitrogens with zero attached hydrogens (tertiary/aromatic N) is 2. The first-order chi connectivity index (χ1) is 13.4. The van der Waals surface area contributed by atoms with Crippen molar-refractivity contribution in [3.05, 3.63) is 78.4 Å². The number of rotatable bonds is 4. The number of hydrogen-bond donors (Lipinski definition) is 1. The van der Waals surface area contributed by atoms with E-state index in [-0.39, 0.29) is 0 Å². The van der Waals surface area contributed by atoms with Gasteiger partial charge < -0.3 is 9.40 Å². The Morgan fingerprint density at radius 3 is 2.63 bits per heavy atom. The van der Waals surface area contributed by atoms with Crippen LogP contribution in [0.2, 0.25) is 0 Å². The lowest BCUT2D eigenvalue weighted by Crippen LogP contribution is -2.32. The van der Waals surface area contributed by atoms with Crippen LogP contribution in [0.1, 0.15) is 30.2 Å². The van der Waals surface area contributed by atoms with E-state index in [2.05, 4.69) is 57.5 Å². The third-order valence-electron chi connectivity index (χ3n) is 5.62. The van der Waals surface area contributed by atoms with E-state index in [4.69, 9.17) is 4.42 Å². The van der Waals surface area contributed by atoms with E-state index in [0.29, 0.717) is 5.92 Å². The summed E-state index contributed by atoms with van der Waals surface area (Å²) in [4.78, 5) is 10.3. The van der Waals surface area contributed by atoms with Gasteiger partial charge in [-0.15, -0.1) is 0 Å². The van der Waals surface area contributed by atoms with Crippen LogP contribution in [0.5, 0.6) is 0 Å². The van der Waals surface area contributed by atoms with Gasteiger partial charge in [0.25, 0.3) is 0 Å². The molecule has 0 saturated carbocycles. The summed E-state index contributed by atoms with van der Waals surface area (Å²) in [5, 5.41) is 1.37. The molecule has 4 aromatic rings. The highest BCUT2D eigenvalue weighted by atomic mass is 16.4. The maximum atomic E-state index is 5.97. The Morgan fingerprint density at radius 1 is 1.00 bits per heavy atom. The summed E-state index contributed by atoms with van der Waals surface area (Å²) in [5.74, 6) is 2.28. The lowest BCUT2D eigenvalue weighted by molar-refractivity contribution is 0.188. The van der Waals surface area contributed by atoms with Crippen LogP contribution in [0.25, 0.3) is 22.2 Å². The Balaban J connectivity index is 1.23. The Labute approximate surface area is 158 Å². The van der Waals surface area contributed by atoms with Crippen LogP contribution in [0, 0.1) is 0 Å². The normalized spacial score (nSPS) is 16.1. The minimum atomic E-state index is 0.627. The monoisotopic (exact) mass is 357 g/mol. The lowest BCUT2D eigenvalue weighted by atomic mass is 9.89. The van der Waals surface area contributed by atoms with Crippen LogP contribution in [0.15, 0.2) is 71.4 Å². The summed E-state index contributed by atoms with van der Waals surface area (Å²) < 4.78 is 5.97.